The average molecular weight is 401 g/mol. The van der Waals surface area contributed by atoms with Gasteiger partial charge in [-0.3, -0.25) is 4.79 Å². The van der Waals surface area contributed by atoms with Crippen LogP contribution in [0.15, 0.2) is 18.3 Å². The molecule has 1 saturated heterocycles. The lowest BCUT2D eigenvalue weighted by Crippen LogP contribution is -2.44. The third-order valence-electron chi connectivity index (χ3n) is 4.75. The number of hydrogen-bond donors (Lipinski definition) is 0. The van der Waals surface area contributed by atoms with Crippen LogP contribution in [0.5, 0.6) is 0 Å². The highest BCUT2D eigenvalue weighted by Crippen LogP contribution is 2.32. The van der Waals surface area contributed by atoms with Crippen molar-refractivity contribution in [1.82, 2.24) is 14.9 Å². The van der Waals surface area contributed by atoms with E-state index in [2.05, 4.69) is 14.9 Å². The minimum Gasteiger partial charge on any atom is -0.443 e. The first kappa shape index (κ1) is 18.9. The Morgan fingerprint density at radius 2 is 1.93 bits per heavy atom. The smallest absolute Gasteiger partial charge is 0.417 e. The molecule has 28 heavy (non-hydrogen) atoms. The monoisotopic (exact) mass is 400 g/mol. The SMILES string of the molecule is CC(C)(C)OC(=O)N1CCc2nc(-c3ccc(N4CCCC4)nc3)sc2C1=O. The molecule has 0 saturated carbocycles. The summed E-state index contributed by atoms with van der Waals surface area (Å²) in [4.78, 5) is 38.3. The second-order valence-corrected chi connectivity index (χ2v) is 9.08. The maximum atomic E-state index is 12.8. The van der Waals surface area contributed by atoms with Gasteiger partial charge in [-0.1, -0.05) is 0 Å². The van der Waals surface area contributed by atoms with Crippen molar-refractivity contribution in [3.63, 3.8) is 0 Å². The Morgan fingerprint density at radius 3 is 2.57 bits per heavy atom. The molecule has 0 aromatic carbocycles. The fourth-order valence-electron chi connectivity index (χ4n) is 3.39. The van der Waals surface area contributed by atoms with Crippen molar-refractivity contribution >= 4 is 29.2 Å². The summed E-state index contributed by atoms with van der Waals surface area (Å²) in [6.45, 7) is 7.74. The molecule has 4 rings (SSSR count). The third-order valence-corrected chi connectivity index (χ3v) is 5.88. The number of imide groups is 1. The van der Waals surface area contributed by atoms with Crippen molar-refractivity contribution in [3.05, 3.63) is 28.9 Å². The van der Waals surface area contributed by atoms with Crippen molar-refractivity contribution < 1.29 is 14.3 Å². The van der Waals surface area contributed by atoms with E-state index in [0.29, 0.717) is 11.3 Å². The van der Waals surface area contributed by atoms with Crippen LogP contribution in [-0.2, 0) is 11.2 Å². The van der Waals surface area contributed by atoms with E-state index < -0.39 is 11.7 Å². The number of ether oxygens (including phenoxy) is 1. The second-order valence-electron chi connectivity index (χ2n) is 8.08. The normalized spacial score (nSPS) is 17.0. The number of anilines is 1. The Labute approximate surface area is 168 Å². The minimum absolute atomic E-state index is 0.288. The number of carbonyl (C=O) groups excluding carboxylic acids is 2. The van der Waals surface area contributed by atoms with Gasteiger partial charge in [0.2, 0.25) is 0 Å². The number of thiazole rings is 1. The van der Waals surface area contributed by atoms with E-state index in [1.165, 1.54) is 29.1 Å². The summed E-state index contributed by atoms with van der Waals surface area (Å²) in [5.41, 5.74) is 0.992. The number of amides is 2. The predicted molar refractivity (Wildman–Crippen MR) is 108 cm³/mol. The maximum Gasteiger partial charge on any atom is 0.417 e. The van der Waals surface area contributed by atoms with Crippen LogP contribution >= 0.6 is 11.3 Å². The number of nitrogens with zero attached hydrogens (tertiary/aromatic N) is 4. The van der Waals surface area contributed by atoms with Crippen molar-refractivity contribution in [3.8, 4) is 10.6 Å². The van der Waals surface area contributed by atoms with E-state index in [4.69, 9.17) is 4.74 Å². The van der Waals surface area contributed by atoms with Gasteiger partial charge in [-0.05, 0) is 45.7 Å². The molecule has 148 valence electrons. The predicted octanol–water partition coefficient (Wildman–Crippen LogP) is 3.74. The molecule has 2 aliphatic heterocycles. The maximum absolute atomic E-state index is 12.8. The molecule has 2 aromatic rings. The number of hydrogen-bond acceptors (Lipinski definition) is 7. The summed E-state index contributed by atoms with van der Waals surface area (Å²) < 4.78 is 5.35. The molecular formula is C20H24N4O3S. The standard InChI is InChI=1S/C20H24N4O3S/c1-20(2,3)27-19(26)24-11-8-14-16(18(24)25)28-17(22-14)13-6-7-15(21-12-13)23-9-4-5-10-23/h6-7,12H,4-5,8-11H2,1-3H3. The van der Waals surface area contributed by atoms with Gasteiger partial charge in [0.1, 0.15) is 21.3 Å². The number of pyridine rings is 1. The zero-order valence-electron chi connectivity index (χ0n) is 16.4. The van der Waals surface area contributed by atoms with E-state index in [1.807, 2.05) is 18.3 Å². The molecule has 2 aromatic heterocycles. The Balaban J connectivity index is 1.53. The molecule has 2 amide bonds. The van der Waals surface area contributed by atoms with Gasteiger partial charge >= 0.3 is 6.09 Å². The molecule has 0 spiro atoms. The van der Waals surface area contributed by atoms with Crippen LogP contribution in [-0.4, -0.2) is 52.1 Å². The number of carbonyl (C=O) groups is 2. The van der Waals surface area contributed by atoms with Gasteiger partial charge in [0, 0.05) is 37.8 Å². The van der Waals surface area contributed by atoms with E-state index in [9.17, 15) is 9.59 Å². The molecule has 0 N–H and O–H groups in total. The first-order valence-electron chi connectivity index (χ1n) is 9.58. The lowest BCUT2D eigenvalue weighted by molar-refractivity contribution is 0.0235. The summed E-state index contributed by atoms with van der Waals surface area (Å²) in [6.07, 6.45) is 4.16. The molecule has 0 bridgehead atoms. The molecular weight excluding hydrogens is 376 g/mol. The van der Waals surface area contributed by atoms with Crippen LogP contribution < -0.4 is 4.90 Å². The van der Waals surface area contributed by atoms with Crippen LogP contribution in [0, 0.1) is 0 Å². The van der Waals surface area contributed by atoms with E-state index >= 15 is 0 Å². The molecule has 2 aliphatic rings. The van der Waals surface area contributed by atoms with Gasteiger partial charge in [-0.2, -0.15) is 0 Å². The minimum atomic E-state index is -0.640. The van der Waals surface area contributed by atoms with Crippen LogP contribution in [0.1, 0.15) is 49.0 Å². The van der Waals surface area contributed by atoms with Crippen LogP contribution in [0.4, 0.5) is 10.6 Å². The van der Waals surface area contributed by atoms with Gasteiger partial charge in [0.15, 0.2) is 0 Å². The molecule has 1 fully saturated rings. The molecule has 8 heteroatoms. The topological polar surface area (TPSA) is 75.6 Å². The van der Waals surface area contributed by atoms with Crippen molar-refractivity contribution in [2.75, 3.05) is 24.5 Å². The molecule has 7 nitrogen and oxygen atoms in total. The summed E-state index contributed by atoms with van der Waals surface area (Å²) in [5.74, 6) is 0.649. The molecule has 0 radical (unpaired) electrons. The molecule has 0 atom stereocenters. The van der Waals surface area contributed by atoms with E-state index in [-0.39, 0.29) is 12.5 Å². The summed E-state index contributed by atoms with van der Waals surface area (Å²) >= 11 is 1.31. The highest BCUT2D eigenvalue weighted by atomic mass is 32.1. The van der Waals surface area contributed by atoms with Gasteiger partial charge in [0.25, 0.3) is 5.91 Å². The quantitative estimate of drug-likeness (QED) is 0.764. The number of fused-ring (bicyclic) bond motifs is 1. The lowest BCUT2D eigenvalue weighted by atomic mass is 10.1. The van der Waals surface area contributed by atoms with Gasteiger partial charge in [0.05, 0.1) is 5.69 Å². The zero-order chi connectivity index (χ0) is 19.9. The van der Waals surface area contributed by atoms with Crippen LogP contribution in [0.3, 0.4) is 0 Å². The Bertz CT molecular complexity index is 895. The Hall–Kier alpha value is -2.48. The second kappa shape index (κ2) is 7.16. The lowest BCUT2D eigenvalue weighted by Gasteiger charge is -2.27. The molecule has 0 unspecified atom stereocenters. The van der Waals surface area contributed by atoms with E-state index in [1.54, 1.807) is 20.8 Å². The van der Waals surface area contributed by atoms with Gasteiger partial charge < -0.3 is 9.64 Å². The first-order valence-corrected chi connectivity index (χ1v) is 10.4. The fourth-order valence-corrected chi connectivity index (χ4v) is 4.44. The Kier molecular flexibility index (Phi) is 4.82. The molecule has 0 aliphatic carbocycles. The van der Waals surface area contributed by atoms with Crippen LogP contribution in [0.2, 0.25) is 0 Å². The zero-order valence-corrected chi connectivity index (χ0v) is 17.2. The molecule has 4 heterocycles. The largest absolute Gasteiger partial charge is 0.443 e. The summed E-state index contributed by atoms with van der Waals surface area (Å²) in [5, 5.41) is 0.755. The summed E-state index contributed by atoms with van der Waals surface area (Å²) in [6, 6.07) is 4.01. The van der Waals surface area contributed by atoms with Crippen molar-refractivity contribution in [2.24, 2.45) is 0 Å². The van der Waals surface area contributed by atoms with E-state index in [0.717, 1.165) is 35.2 Å². The van der Waals surface area contributed by atoms with Gasteiger partial charge in [-0.15, -0.1) is 11.3 Å². The van der Waals surface area contributed by atoms with Crippen molar-refractivity contribution in [2.45, 2.75) is 45.6 Å². The number of rotatable bonds is 2. The Morgan fingerprint density at radius 1 is 1.18 bits per heavy atom. The fraction of sp³-hybridized carbons (Fsp3) is 0.500. The third kappa shape index (κ3) is 3.73. The number of aromatic nitrogens is 2. The van der Waals surface area contributed by atoms with Gasteiger partial charge in [-0.25, -0.2) is 19.7 Å². The summed E-state index contributed by atoms with van der Waals surface area (Å²) in [7, 11) is 0. The highest BCUT2D eigenvalue weighted by Gasteiger charge is 2.35. The van der Waals surface area contributed by atoms with Crippen LogP contribution in [0.25, 0.3) is 10.6 Å². The first-order chi connectivity index (χ1) is 13.3. The highest BCUT2D eigenvalue weighted by molar-refractivity contribution is 7.17. The van der Waals surface area contributed by atoms with Crippen molar-refractivity contribution in [1.29, 1.82) is 0 Å². The average Bonchev–Trinajstić information content (AvgIpc) is 3.31.